The molecule has 4 nitrogen and oxygen atoms in total. The molecule has 1 saturated carbocycles. The summed E-state index contributed by atoms with van der Waals surface area (Å²) in [7, 11) is 0. The van der Waals surface area contributed by atoms with Crippen molar-refractivity contribution in [3.63, 3.8) is 0 Å². The van der Waals surface area contributed by atoms with E-state index in [0.717, 1.165) is 42.0 Å². The van der Waals surface area contributed by atoms with E-state index in [1.54, 1.807) is 5.38 Å². The van der Waals surface area contributed by atoms with Crippen molar-refractivity contribution >= 4 is 17.0 Å². The molecule has 1 fully saturated rings. The Bertz CT molecular complexity index is 668. The van der Waals surface area contributed by atoms with Gasteiger partial charge in [-0.2, -0.15) is 4.39 Å². The van der Waals surface area contributed by atoms with Crippen LogP contribution in [0.4, 0.5) is 14.5 Å². The summed E-state index contributed by atoms with van der Waals surface area (Å²) in [4.78, 5) is 14.0. The second-order valence-corrected chi connectivity index (χ2v) is 5.22. The molecule has 1 heterocycles. The van der Waals surface area contributed by atoms with Gasteiger partial charge in [0.2, 0.25) is 5.82 Å². The van der Waals surface area contributed by atoms with Gasteiger partial charge in [0.15, 0.2) is 0 Å². The summed E-state index contributed by atoms with van der Waals surface area (Å²) < 4.78 is 27.7. The van der Waals surface area contributed by atoms with E-state index >= 15 is 0 Å². The second kappa shape index (κ2) is 4.34. The van der Waals surface area contributed by atoms with Crippen molar-refractivity contribution in [3.8, 4) is 10.6 Å². The van der Waals surface area contributed by atoms with Crippen molar-refractivity contribution in [2.75, 3.05) is 0 Å². The second-order valence-electron chi connectivity index (χ2n) is 4.36. The maximum absolute atomic E-state index is 14.0. The maximum Gasteiger partial charge on any atom is 0.305 e. The molecule has 1 aliphatic rings. The van der Waals surface area contributed by atoms with Crippen LogP contribution in [0.5, 0.6) is 0 Å². The van der Waals surface area contributed by atoms with Gasteiger partial charge in [-0.1, -0.05) is 0 Å². The van der Waals surface area contributed by atoms with Crippen LogP contribution in [-0.2, 0) is 0 Å². The molecule has 7 heteroatoms. The zero-order valence-electron chi connectivity index (χ0n) is 9.60. The van der Waals surface area contributed by atoms with Crippen LogP contribution >= 0.6 is 11.3 Å². The molecule has 1 aliphatic carbocycles. The molecule has 0 unspecified atom stereocenters. The van der Waals surface area contributed by atoms with Gasteiger partial charge in [-0.3, -0.25) is 10.1 Å². The monoisotopic (exact) mass is 282 g/mol. The molecule has 19 heavy (non-hydrogen) atoms. The lowest BCUT2D eigenvalue weighted by atomic mass is 10.2. The number of rotatable bonds is 3. The maximum atomic E-state index is 14.0. The minimum atomic E-state index is -1.17. The zero-order chi connectivity index (χ0) is 13.6. The SMILES string of the molecule is O=[N+]([O-])c1ccc(F)c(-c2nc(C3CC3)cs2)c1F. The largest absolute Gasteiger partial charge is 0.305 e. The van der Waals surface area contributed by atoms with Gasteiger partial charge in [0.05, 0.1) is 16.2 Å². The molecule has 0 bridgehead atoms. The molecule has 1 aromatic carbocycles. The van der Waals surface area contributed by atoms with Crippen LogP contribution in [-0.4, -0.2) is 9.91 Å². The molecule has 98 valence electrons. The van der Waals surface area contributed by atoms with E-state index < -0.39 is 27.8 Å². The van der Waals surface area contributed by atoms with Crippen LogP contribution in [0.3, 0.4) is 0 Å². The van der Waals surface area contributed by atoms with Gasteiger partial charge >= 0.3 is 5.69 Å². The molecule has 0 amide bonds. The summed E-state index contributed by atoms with van der Waals surface area (Å²) in [6.07, 6.45) is 2.06. The van der Waals surface area contributed by atoms with Gasteiger partial charge in [0.1, 0.15) is 10.8 Å². The van der Waals surface area contributed by atoms with E-state index in [9.17, 15) is 18.9 Å². The minimum Gasteiger partial charge on any atom is -0.258 e. The summed E-state index contributed by atoms with van der Waals surface area (Å²) in [5, 5.41) is 12.6. The Morgan fingerprint density at radius 1 is 1.37 bits per heavy atom. The van der Waals surface area contributed by atoms with Crippen molar-refractivity contribution in [2.24, 2.45) is 0 Å². The summed E-state index contributed by atoms with van der Waals surface area (Å²) in [6.45, 7) is 0. The summed E-state index contributed by atoms with van der Waals surface area (Å²) >= 11 is 1.11. The number of halogens is 2. The molecule has 1 aromatic heterocycles. The molecule has 0 radical (unpaired) electrons. The highest BCUT2D eigenvalue weighted by molar-refractivity contribution is 7.13. The van der Waals surface area contributed by atoms with Gasteiger partial charge in [-0.15, -0.1) is 11.3 Å². The number of nitro benzene ring substituents is 1. The van der Waals surface area contributed by atoms with E-state index in [4.69, 9.17) is 0 Å². The van der Waals surface area contributed by atoms with Crippen LogP contribution in [0.2, 0.25) is 0 Å². The smallest absolute Gasteiger partial charge is 0.258 e. The number of nitrogens with zero attached hydrogens (tertiary/aromatic N) is 2. The van der Waals surface area contributed by atoms with Crippen LogP contribution in [0.1, 0.15) is 24.5 Å². The fraction of sp³-hybridized carbons (Fsp3) is 0.250. The molecule has 0 N–H and O–H groups in total. The highest BCUT2D eigenvalue weighted by atomic mass is 32.1. The molecule has 3 rings (SSSR count). The lowest BCUT2D eigenvalue weighted by Gasteiger charge is -2.01. The first-order valence-electron chi connectivity index (χ1n) is 5.66. The normalized spacial score (nSPS) is 14.6. The van der Waals surface area contributed by atoms with Crippen molar-refractivity contribution in [1.82, 2.24) is 4.98 Å². The predicted molar refractivity (Wildman–Crippen MR) is 66.1 cm³/mol. The van der Waals surface area contributed by atoms with Crippen LogP contribution in [0, 0.1) is 21.7 Å². The standard InChI is InChI=1S/C12H8F2N2O2S/c13-7-3-4-9(16(17)18)11(14)10(7)12-15-8(5-19-12)6-1-2-6/h3-6H,1-2H2. The van der Waals surface area contributed by atoms with Gasteiger partial charge in [-0.05, 0) is 18.9 Å². The van der Waals surface area contributed by atoms with Crippen molar-refractivity contribution in [2.45, 2.75) is 18.8 Å². The number of nitro groups is 1. The Kier molecular flexibility index (Phi) is 2.78. The highest BCUT2D eigenvalue weighted by Gasteiger charge is 2.29. The molecule has 0 spiro atoms. The van der Waals surface area contributed by atoms with Crippen molar-refractivity contribution in [3.05, 3.63) is 45.0 Å². The number of benzene rings is 1. The van der Waals surface area contributed by atoms with E-state index in [2.05, 4.69) is 4.98 Å². The molecule has 0 atom stereocenters. The Morgan fingerprint density at radius 2 is 2.11 bits per heavy atom. The third kappa shape index (κ3) is 2.10. The molecule has 2 aromatic rings. The number of aromatic nitrogens is 1. The molecular formula is C12H8F2N2O2S. The van der Waals surface area contributed by atoms with Crippen molar-refractivity contribution < 1.29 is 13.7 Å². The van der Waals surface area contributed by atoms with E-state index in [-0.39, 0.29) is 5.01 Å². The topological polar surface area (TPSA) is 56.0 Å². The van der Waals surface area contributed by atoms with Gasteiger partial charge < -0.3 is 0 Å². The van der Waals surface area contributed by atoms with E-state index in [1.165, 1.54) is 0 Å². The number of hydrogen-bond donors (Lipinski definition) is 0. The number of thiazole rings is 1. The average Bonchev–Trinajstić information content (AvgIpc) is 3.09. The Balaban J connectivity index is 2.11. The summed E-state index contributed by atoms with van der Waals surface area (Å²) in [6, 6.07) is 1.72. The summed E-state index contributed by atoms with van der Waals surface area (Å²) in [5.41, 5.74) is -0.337. The molecule has 0 aliphatic heterocycles. The van der Waals surface area contributed by atoms with Crippen molar-refractivity contribution in [1.29, 1.82) is 0 Å². The van der Waals surface area contributed by atoms with Crippen LogP contribution in [0.25, 0.3) is 10.6 Å². The molecular weight excluding hydrogens is 274 g/mol. The lowest BCUT2D eigenvalue weighted by Crippen LogP contribution is -1.97. The van der Waals surface area contributed by atoms with Crippen LogP contribution in [0.15, 0.2) is 17.5 Å². The van der Waals surface area contributed by atoms with Gasteiger partial charge in [0.25, 0.3) is 0 Å². The van der Waals surface area contributed by atoms with E-state index in [1.807, 2.05) is 0 Å². The Hall–Kier alpha value is -1.89. The Labute approximate surface area is 110 Å². The van der Waals surface area contributed by atoms with Gasteiger partial charge in [0, 0.05) is 17.4 Å². The zero-order valence-corrected chi connectivity index (χ0v) is 10.4. The first kappa shape index (κ1) is 12.2. The number of hydrogen-bond acceptors (Lipinski definition) is 4. The first-order valence-corrected chi connectivity index (χ1v) is 6.54. The van der Waals surface area contributed by atoms with Crippen LogP contribution < -0.4 is 0 Å². The third-order valence-corrected chi connectivity index (χ3v) is 3.88. The highest BCUT2D eigenvalue weighted by Crippen LogP contribution is 2.42. The van der Waals surface area contributed by atoms with Gasteiger partial charge in [-0.25, -0.2) is 9.37 Å². The average molecular weight is 282 g/mol. The quantitative estimate of drug-likeness (QED) is 0.634. The fourth-order valence-electron chi connectivity index (χ4n) is 1.85. The first-order chi connectivity index (χ1) is 9.08. The third-order valence-electron chi connectivity index (χ3n) is 3.00. The van der Waals surface area contributed by atoms with E-state index in [0.29, 0.717) is 5.92 Å². The minimum absolute atomic E-state index is 0.153. The molecule has 0 saturated heterocycles. The summed E-state index contributed by atoms with van der Waals surface area (Å²) in [5.74, 6) is -1.63. The fourth-order valence-corrected chi connectivity index (χ4v) is 2.79. The predicted octanol–water partition coefficient (Wildman–Crippen LogP) is 3.87. The Morgan fingerprint density at radius 3 is 2.74 bits per heavy atom. The lowest BCUT2D eigenvalue weighted by molar-refractivity contribution is -0.387.